The van der Waals surface area contributed by atoms with Crippen molar-refractivity contribution in [1.29, 1.82) is 0 Å². The number of rotatable bonds is 5. The number of aliphatic hydroxyl groups is 2. The fourth-order valence-electron chi connectivity index (χ4n) is 2.44. The van der Waals surface area contributed by atoms with Crippen LogP contribution in [0.3, 0.4) is 0 Å². The van der Waals surface area contributed by atoms with Crippen LogP contribution in [0.1, 0.15) is 23.7 Å². The SMILES string of the molecule is Cc1cccc(C(O)CCN2CCOC(CO)C2)c1. The summed E-state index contributed by atoms with van der Waals surface area (Å²) in [5.74, 6) is 0. The van der Waals surface area contributed by atoms with Crippen molar-refractivity contribution >= 4 is 0 Å². The van der Waals surface area contributed by atoms with Crippen LogP contribution in [0.15, 0.2) is 24.3 Å². The molecule has 1 aromatic carbocycles. The smallest absolute Gasteiger partial charge is 0.0932 e. The molecule has 1 aromatic rings. The van der Waals surface area contributed by atoms with Gasteiger partial charge in [0.15, 0.2) is 0 Å². The second kappa shape index (κ2) is 7.01. The van der Waals surface area contributed by atoms with Gasteiger partial charge in [-0.1, -0.05) is 29.8 Å². The Morgan fingerprint density at radius 1 is 1.47 bits per heavy atom. The molecule has 0 bridgehead atoms. The number of hydrogen-bond acceptors (Lipinski definition) is 4. The van der Waals surface area contributed by atoms with Gasteiger partial charge in [0, 0.05) is 19.6 Å². The first-order valence-corrected chi connectivity index (χ1v) is 6.88. The van der Waals surface area contributed by atoms with E-state index in [0.29, 0.717) is 13.0 Å². The van der Waals surface area contributed by atoms with Crippen molar-refractivity contribution < 1.29 is 14.9 Å². The van der Waals surface area contributed by atoms with Gasteiger partial charge in [0.05, 0.1) is 25.4 Å². The van der Waals surface area contributed by atoms with Crippen LogP contribution in [0.4, 0.5) is 0 Å². The van der Waals surface area contributed by atoms with Crippen LogP contribution in [0, 0.1) is 6.92 Å². The fourth-order valence-corrected chi connectivity index (χ4v) is 2.44. The number of hydrogen-bond donors (Lipinski definition) is 2. The fraction of sp³-hybridized carbons (Fsp3) is 0.600. The van der Waals surface area contributed by atoms with E-state index >= 15 is 0 Å². The normalized spacial score (nSPS) is 22.4. The predicted molar refractivity (Wildman–Crippen MR) is 74.0 cm³/mol. The van der Waals surface area contributed by atoms with Crippen molar-refractivity contribution in [3.63, 3.8) is 0 Å². The maximum absolute atomic E-state index is 10.2. The summed E-state index contributed by atoms with van der Waals surface area (Å²) in [6.45, 7) is 5.20. The van der Waals surface area contributed by atoms with Crippen molar-refractivity contribution in [2.45, 2.75) is 25.6 Å². The summed E-state index contributed by atoms with van der Waals surface area (Å²) in [6.07, 6.45) is 0.210. The van der Waals surface area contributed by atoms with Gasteiger partial charge >= 0.3 is 0 Å². The number of nitrogens with zero attached hydrogens (tertiary/aromatic N) is 1. The predicted octanol–water partition coefficient (Wildman–Crippen LogP) is 1.11. The van der Waals surface area contributed by atoms with Gasteiger partial charge in [0.1, 0.15) is 0 Å². The molecule has 2 atom stereocenters. The molecule has 0 spiro atoms. The minimum Gasteiger partial charge on any atom is -0.394 e. The lowest BCUT2D eigenvalue weighted by molar-refractivity contribution is -0.0551. The summed E-state index contributed by atoms with van der Waals surface area (Å²) in [7, 11) is 0. The molecule has 1 saturated heterocycles. The van der Waals surface area contributed by atoms with Crippen LogP contribution < -0.4 is 0 Å². The van der Waals surface area contributed by atoms with E-state index in [1.807, 2.05) is 31.2 Å². The van der Waals surface area contributed by atoms with Crippen LogP contribution >= 0.6 is 0 Å². The Kier molecular flexibility index (Phi) is 5.34. The molecule has 0 aliphatic carbocycles. The largest absolute Gasteiger partial charge is 0.394 e. The summed E-state index contributed by atoms with van der Waals surface area (Å²) in [6, 6.07) is 8.00. The number of aliphatic hydroxyl groups excluding tert-OH is 2. The van der Waals surface area contributed by atoms with Crippen LogP contribution in [0.5, 0.6) is 0 Å². The first-order valence-electron chi connectivity index (χ1n) is 6.88. The van der Waals surface area contributed by atoms with Crippen molar-refractivity contribution in [3.05, 3.63) is 35.4 Å². The van der Waals surface area contributed by atoms with E-state index in [0.717, 1.165) is 25.2 Å². The third kappa shape index (κ3) is 4.28. The topological polar surface area (TPSA) is 52.9 Å². The number of aryl methyl sites for hydroxylation is 1. The zero-order chi connectivity index (χ0) is 13.7. The van der Waals surface area contributed by atoms with E-state index in [1.165, 1.54) is 5.56 Å². The molecule has 2 unspecified atom stereocenters. The van der Waals surface area contributed by atoms with Crippen molar-refractivity contribution in [2.24, 2.45) is 0 Å². The van der Waals surface area contributed by atoms with Crippen molar-refractivity contribution in [2.75, 3.05) is 32.8 Å². The van der Waals surface area contributed by atoms with Gasteiger partial charge in [-0.05, 0) is 18.9 Å². The Bertz CT molecular complexity index is 397. The van der Waals surface area contributed by atoms with E-state index in [2.05, 4.69) is 4.90 Å². The molecule has 4 nitrogen and oxygen atoms in total. The highest BCUT2D eigenvalue weighted by Crippen LogP contribution is 2.18. The third-order valence-corrected chi connectivity index (χ3v) is 3.57. The van der Waals surface area contributed by atoms with E-state index < -0.39 is 6.10 Å². The van der Waals surface area contributed by atoms with E-state index in [1.54, 1.807) is 0 Å². The maximum Gasteiger partial charge on any atom is 0.0932 e. The van der Waals surface area contributed by atoms with E-state index in [9.17, 15) is 5.11 Å². The molecular weight excluding hydrogens is 242 g/mol. The van der Waals surface area contributed by atoms with Gasteiger partial charge in [-0.2, -0.15) is 0 Å². The van der Waals surface area contributed by atoms with Gasteiger partial charge in [-0.25, -0.2) is 0 Å². The highest BCUT2D eigenvalue weighted by atomic mass is 16.5. The van der Waals surface area contributed by atoms with E-state index in [4.69, 9.17) is 9.84 Å². The third-order valence-electron chi connectivity index (χ3n) is 3.57. The van der Waals surface area contributed by atoms with Gasteiger partial charge in [-0.3, -0.25) is 4.90 Å². The molecule has 1 aliphatic rings. The average Bonchev–Trinajstić information content (AvgIpc) is 2.45. The molecule has 2 rings (SSSR count). The summed E-state index contributed by atoms with van der Waals surface area (Å²) in [5.41, 5.74) is 2.15. The number of morpholine rings is 1. The zero-order valence-electron chi connectivity index (χ0n) is 11.5. The Balaban J connectivity index is 1.81. The highest BCUT2D eigenvalue weighted by Gasteiger charge is 2.20. The average molecular weight is 265 g/mol. The molecular formula is C15H23NO3. The minimum atomic E-state index is -0.421. The summed E-state index contributed by atoms with van der Waals surface area (Å²) >= 11 is 0. The summed E-state index contributed by atoms with van der Waals surface area (Å²) in [4.78, 5) is 2.24. The maximum atomic E-state index is 10.2. The highest BCUT2D eigenvalue weighted by molar-refractivity contribution is 5.23. The Morgan fingerprint density at radius 2 is 2.32 bits per heavy atom. The first-order chi connectivity index (χ1) is 9.19. The number of benzene rings is 1. The lowest BCUT2D eigenvalue weighted by atomic mass is 10.0. The second-order valence-electron chi connectivity index (χ2n) is 5.19. The number of ether oxygens (including phenoxy) is 1. The van der Waals surface area contributed by atoms with E-state index in [-0.39, 0.29) is 12.7 Å². The Hall–Kier alpha value is -0.940. The standard InChI is InChI=1S/C15H23NO3/c1-12-3-2-4-13(9-12)15(18)5-6-16-7-8-19-14(10-16)11-17/h2-4,9,14-15,17-18H,5-8,10-11H2,1H3. The van der Waals surface area contributed by atoms with Crippen LogP contribution in [-0.4, -0.2) is 54.1 Å². The van der Waals surface area contributed by atoms with Crippen LogP contribution in [0.2, 0.25) is 0 Å². The van der Waals surface area contributed by atoms with Crippen LogP contribution in [0.25, 0.3) is 0 Å². The molecule has 1 aliphatic heterocycles. The van der Waals surface area contributed by atoms with Gasteiger partial charge in [-0.15, -0.1) is 0 Å². The quantitative estimate of drug-likeness (QED) is 0.837. The molecule has 4 heteroatoms. The van der Waals surface area contributed by atoms with Gasteiger partial charge < -0.3 is 14.9 Å². The Labute approximate surface area is 114 Å². The molecule has 1 heterocycles. The molecule has 0 radical (unpaired) electrons. The second-order valence-corrected chi connectivity index (χ2v) is 5.19. The lowest BCUT2D eigenvalue weighted by Gasteiger charge is -2.32. The molecule has 0 aromatic heterocycles. The Morgan fingerprint density at radius 3 is 3.05 bits per heavy atom. The molecule has 0 saturated carbocycles. The molecule has 19 heavy (non-hydrogen) atoms. The summed E-state index contributed by atoms with van der Waals surface area (Å²) in [5, 5.41) is 19.3. The van der Waals surface area contributed by atoms with Crippen molar-refractivity contribution in [3.8, 4) is 0 Å². The molecule has 1 fully saturated rings. The van der Waals surface area contributed by atoms with Crippen molar-refractivity contribution in [1.82, 2.24) is 4.90 Å². The lowest BCUT2D eigenvalue weighted by Crippen LogP contribution is -2.44. The molecule has 0 amide bonds. The van der Waals surface area contributed by atoms with Crippen LogP contribution in [-0.2, 0) is 4.74 Å². The molecule has 106 valence electrons. The monoisotopic (exact) mass is 265 g/mol. The zero-order valence-corrected chi connectivity index (χ0v) is 11.5. The minimum absolute atomic E-state index is 0.0664. The summed E-state index contributed by atoms with van der Waals surface area (Å²) < 4.78 is 5.41. The molecule has 2 N–H and O–H groups in total. The van der Waals surface area contributed by atoms with Gasteiger partial charge in [0.2, 0.25) is 0 Å². The van der Waals surface area contributed by atoms with Gasteiger partial charge in [0.25, 0.3) is 0 Å². The first kappa shape index (κ1) is 14.5.